The molecule has 8 heteroatoms. The van der Waals surface area contributed by atoms with Crippen LogP contribution in [-0.4, -0.2) is 45.5 Å². The van der Waals surface area contributed by atoms with Crippen molar-refractivity contribution in [2.24, 2.45) is 10.9 Å². The fourth-order valence-corrected chi connectivity index (χ4v) is 4.88. The van der Waals surface area contributed by atoms with Crippen LogP contribution < -0.4 is 20.6 Å². The molecule has 1 amide bonds. The van der Waals surface area contributed by atoms with Crippen LogP contribution in [0.5, 0.6) is 5.75 Å². The Balaban J connectivity index is 1.70. The Kier molecular flexibility index (Phi) is 6.42. The number of carbonyl (C=O) groups is 1. The number of anilines is 1. The van der Waals surface area contributed by atoms with Gasteiger partial charge in [0, 0.05) is 37.7 Å². The number of fused-ring (bicyclic) bond motifs is 1. The molecule has 3 atom stereocenters. The van der Waals surface area contributed by atoms with Gasteiger partial charge in [-0.3, -0.25) is 9.79 Å². The van der Waals surface area contributed by atoms with Gasteiger partial charge in [-0.15, -0.1) is 0 Å². The average Bonchev–Trinajstić information content (AvgIpc) is 3.44. The molecule has 0 spiro atoms. The Hall–Kier alpha value is -2.58. The maximum atomic E-state index is 13.3. The van der Waals surface area contributed by atoms with Crippen molar-refractivity contribution in [3.63, 3.8) is 0 Å². The number of nitrogens with one attached hydrogen (secondary N) is 1. The zero-order valence-electron chi connectivity index (χ0n) is 19.9. The first-order chi connectivity index (χ1) is 15.6. The summed E-state index contributed by atoms with van der Waals surface area (Å²) >= 11 is 0. The largest absolute Gasteiger partial charge is 0.496 e. The molecule has 1 saturated carbocycles. The summed E-state index contributed by atoms with van der Waals surface area (Å²) in [5, 5.41) is 4.36. The van der Waals surface area contributed by atoms with Gasteiger partial charge in [-0.25, -0.2) is 9.37 Å². The van der Waals surface area contributed by atoms with Gasteiger partial charge in [0.25, 0.3) is 0 Å². The molecule has 2 aliphatic rings. The number of benzene rings is 1. The number of amides is 1. The van der Waals surface area contributed by atoms with Crippen LogP contribution in [0, 0.1) is 5.92 Å². The summed E-state index contributed by atoms with van der Waals surface area (Å²) in [6.45, 7) is 10.1. The van der Waals surface area contributed by atoms with Crippen molar-refractivity contribution in [1.82, 2.24) is 4.98 Å². The predicted molar refractivity (Wildman–Crippen MR) is 129 cm³/mol. The van der Waals surface area contributed by atoms with Crippen LogP contribution in [0.25, 0.3) is 5.57 Å². The number of halogens is 1. The van der Waals surface area contributed by atoms with Crippen LogP contribution in [0.2, 0.25) is 25.7 Å². The molecule has 33 heavy (non-hydrogen) atoms. The van der Waals surface area contributed by atoms with Crippen LogP contribution in [0.1, 0.15) is 18.9 Å². The van der Waals surface area contributed by atoms with Crippen molar-refractivity contribution in [2.75, 3.05) is 25.6 Å². The Bertz CT molecular complexity index is 1180. The lowest BCUT2D eigenvalue weighted by Gasteiger charge is -2.30. The van der Waals surface area contributed by atoms with Crippen molar-refractivity contribution in [3.8, 4) is 5.75 Å². The van der Waals surface area contributed by atoms with Crippen LogP contribution >= 0.6 is 0 Å². The van der Waals surface area contributed by atoms with E-state index >= 15 is 0 Å². The number of ether oxygens (including phenoxy) is 2. The van der Waals surface area contributed by atoms with E-state index in [1.54, 1.807) is 19.4 Å². The smallest absolute Gasteiger partial charge is 0.231 e. The molecule has 0 saturated heterocycles. The van der Waals surface area contributed by atoms with Crippen molar-refractivity contribution in [1.29, 1.82) is 0 Å². The lowest BCUT2D eigenvalue weighted by Crippen LogP contribution is -2.32. The van der Waals surface area contributed by atoms with E-state index in [1.165, 1.54) is 0 Å². The summed E-state index contributed by atoms with van der Waals surface area (Å²) in [6.07, 6.45) is 0.953. The number of rotatable bonds is 9. The number of methoxy groups -OCH3 is 1. The molecule has 1 aromatic heterocycles. The zero-order valence-corrected chi connectivity index (χ0v) is 20.9. The van der Waals surface area contributed by atoms with E-state index < -0.39 is 25.7 Å². The molecule has 1 fully saturated rings. The molecular formula is C25H32FN3O3Si. The third kappa shape index (κ3) is 4.87. The summed E-state index contributed by atoms with van der Waals surface area (Å²) in [7, 11) is 0.422. The summed E-state index contributed by atoms with van der Waals surface area (Å²) in [6, 6.07) is 10.7. The topological polar surface area (TPSA) is 72.8 Å². The van der Waals surface area contributed by atoms with E-state index in [-0.39, 0.29) is 12.3 Å². The second-order valence-corrected chi connectivity index (χ2v) is 15.7. The lowest BCUT2D eigenvalue weighted by molar-refractivity contribution is -0.117. The molecular weight excluding hydrogens is 437 g/mol. The highest BCUT2D eigenvalue weighted by Gasteiger charge is 2.44. The molecule has 1 aliphatic heterocycles. The van der Waals surface area contributed by atoms with Gasteiger partial charge in [0.1, 0.15) is 23.3 Å². The Morgan fingerprint density at radius 2 is 2.03 bits per heavy atom. The SMILES string of the molecule is COc1ccccc1C1(COCC[Si](C)(C)C)N=c2cc(NC(=O)[C@@H]3C[C@@H]3F)ncc2=C1C. The van der Waals surface area contributed by atoms with Gasteiger partial charge in [0.15, 0.2) is 0 Å². The van der Waals surface area contributed by atoms with Gasteiger partial charge in [-0.1, -0.05) is 37.8 Å². The number of alkyl halides is 1. The normalized spacial score (nSPS) is 23.6. The molecule has 2 heterocycles. The second kappa shape index (κ2) is 8.99. The fraction of sp³-hybridized carbons (Fsp3) is 0.480. The van der Waals surface area contributed by atoms with E-state index in [0.29, 0.717) is 19.0 Å². The van der Waals surface area contributed by atoms with Crippen molar-refractivity contribution in [2.45, 2.75) is 50.7 Å². The minimum Gasteiger partial charge on any atom is -0.496 e. The van der Waals surface area contributed by atoms with E-state index in [2.05, 4.69) is 29.9 Å². The van der Waals surface area contributed by atoms with Gasteiger partial charge in [-0.05, 0) is 31.0 Å². The number of para-hydroxylation sites is 1. The minimum absolute atomic E-state index is 0.277. The Morgan fingerprint density at radius 1 is 1.30 bits per heavy atom. The summed E-state index contributed by atoms with van der Waals surface area (Å²) in [5.41, 5.74) is 1.20. The molecule has 1 aliphatic carbocycles. The van der Waals surface area contributed by atoms with E-state index in [1.807, 2.05) is 31.2 Å². The van der Waals surface area contributed by atoms with Gasteiger partial charge in [0.2, 0.25) is 5.91 Å². The minimum atomic E-state index is -1.23. The number of nitrogens with zero attached hydrogens (tertiary/aromatic N) is 2. The maximum Gasteiger partial charge on any atom is 0.231 e. The monoisotopic (exact) mass is 469 g/mol. The molecule has 0 radical (unpaired) electrons. The Morgan fingerprint density at radius 3 is 2.70 bits per heavy atom. The first-order valence-electron chi connectivity index (χ1n) is 11.4. The quantitative estimate of drug-likeness (QED) is 0.451. The number of aromatic nitrogens is 1. The van der Waals surface area contributed by atoms with Crippen LogP contribution in [0.4, 0.5) is 10.2 Å². The predicted octanol–water partition coefficient (Wildman–Crippen LogP) is 3.44. The van der Waals surface area contributed by atoms with Crippen LogP contribution in [0.3, 0.4) is 0 Å². The second-order valence-electron chi connectivity index (χ2n) is 10.1. The first-order valence-corrected chi connectivity index (χ1v) is 15.1. The van der Waals surface area contributed by atoms with Gasteiger partial charge in [-0.2, -0.15) is 0 Å². The summed E-state index contributed by atoms with van der Waals surface area (Å²) in [5.74, 6) is 0.216. The Labute approximate surface area is 194 Å². The van der Waals surface area contributed by atoms with Gasteiger partial charge >= 0.3 is 0 Å². The number of hydrogen-bond acceptors (Lipinski definition) is 5. The van der Waals surface area contributed by atoms with Gasteiger partial charge in [0.05, 0.1) is 25.0 Å². The third-order valence-electron chi connectivity index (χ3n) is 6.38. The lowest BCUT2D eigenvalue weighted by atomic mass is 9.84. The maximum absolute atomic E-state index is 13.3. The molecule has 176 valence electrons. The molecule has 1 aromatic carbocycles. The average molecular weight is 470 g/mol. The van der Waals surface area contributed by atoms with E-state index in [0.717, 1.165) is 33.5 Å². The highest BCUT2D eigenvalue weighted by atomic mass is 28.3. The molecule has 0 bridgehead atoms. The highest BCUT2D eigenvalue weighted by Crippen LogP contribution is 2.41. The van der Waals surface area contributed by atoms with E-state index in [4.69, 9.17) is 14.5 Å². The molecule has 6 nitrogen and oxygen atoms in total. The number of hydrogen-bond donors (Lipinski definition) is 1. The van der Waals surface area contributed by atoms with Crippen molar-refractivity contribution >= 4 is 25.4 Å². The molecule has 1 unspecified atom stereocenters. The van der Waals surface area contributed by atoms with Gasteiger partial charge < -0.3 is 14.8 Å². The number of carbonyl (C=O) groups excluding carboxylic acids is 1. The molecule has 4 rings (SSSR count). The van der Waals surface area contributed by atoms with Crippen LogP contribution in [0.15, 0.2) is 41.5 Å². The van der Waals surface area contributed by atoms with E-state index in [9.17, 15) is 9.18 Å². The highest BCUT2D eigenvalue weighted by molar-refractivity contribution is 6.76. The third-order valence-corrected chi connectivity index (χ3v) is 8.08. The van der Waals surface area contributed by atoms with Crippen LogP contribution in [-0.2, 0) is 15.1 Å². The summed E-state index contributed by atoms with van der Waals surface area (Å²) < 4.78 is 25.2. The van der Waals surface area contributed by atoms with Crippen molar-refractivity contribution in [3.05, 3.63) is 52.7 Å². The zero-order chi connectivity index (χ0) is 23.8. The standard InChI is InChI=1S/C25H32FN3O3Si/c1-16-18-14-27-23(28-24(30)17-12-20(17)26)13-21(18)29-25(16,15-32-10-11-33(3,4)5)19-8-6-7-9-22(19)31-2/h6-9,13-14,17,20H,10-12,15H2,1-5H3,(H,28,30)/t17-,20+,25?/m1/s1. The first kappa shape index (κ1) is 23.6. The number of pyridine rings is 1. The molecule has 1 N–H and O–H groups in total. The molecule has 2 aromatic rings. The summed E-state index contributed by atoms with van der Waals surface area (Å²) in [4.78, 5) is 21.7. The fourth-order valence-electron chi connectivity index (χ4n) is 4.13. The van der Waals surface area contributed by atoms with Crippen molar-refractivity contribution < 1.29 is 18.7 Å².